The van der Waals surface area contributed by atoms with E-state index in [0.29, 0.717) is 0 Å². The van der Waals surface area contributed by atoms with Crippen LogP contribution in [0.5, 0.6) is 0 Å². The molecule has 0 saturated carbocycles. The number of amides is 1. The molecule has 0 atom stereocenters. The molecule has 0 bridgehead atoms. The predicted octanol–water partition coefficient (Wildman–Crippen LogP) is 1.70. The van der Waals surface area contributed by atoms with E-state index in [0.717, 1.165) is 12.8 Å². The second-order valence-electron chi connectivity index (χ2n) is 4.67. The third-order valence-corrected chi connectivity index (χ3v) is 1.33. The minimum Gasteiger partial charge on any atom is -0.391 e. The van der Waals surface area contributed by atoms with Gasteiger partial charge in [0, 0.05) is 5.54 Å². The molecule has 0 aromatic carbocycles. The third kappa shape index (κ3) is 24.6. The number of rotatable bonds is 3. The molecule has 0 radical (unpaired) electrons. The summed E-state index contributed by atoms with van der Waals surface area (Å²) in [6.07, 6.45) is 1.70. The largest absolute Gasteiger partial charge is 0.391 e. The van der Waals surface area contributed by atoms with E-state index in [4.69, 9.17) is 5.11 Å². The van der Waals surface area contributed by atoms with Crippen molar-refractivity contribution < 1.29 is 9.90 Å². The van der Waals surface area contributed by atoms with Crippen LogP contribution < -0.4 is 5.32 Å². The van der Waals surface area contributed by atoms with Crippen LogP contribution >= 0.6 is 0 Å². The maximum atomic E-state index is 9.87. The van der Waals surface area contributed by atoms with Crippen molar-refractivity contribution in [2.45, 2.75) is 59.1 Å². The zero-order valence-electron chi connectivity index (χ0n) is 9.64. The van der Waals surface area contributed by atoms with Crippen molar-refractivity contribution in [3.05, 3.63) is 0 Å². The van der Waals surface area contributed by atoms with E-state index in [1.54, 1.807) is 20.8 Å². The van der Waals surface area contributed by atoms with Crippen LogP contribution in [0.25, 0.3) is 0 Å². The van der Waals surface area contributed by atoms with Gasteiger partial charge >= 0.3 is 0 Å². The van der Waals surface area contributed by atoms with Crippen LogP contribution in [0.2, 0.25) is 0 Å². The second kappa shape index (κ2) is 5.97. The normalized spacial score (nSPS) is 11.3. The molecule has 0 aromatic rings. The summed E-state index contributed by atoms with van der Waals surface area (Å²) in [5, 5.41) is 11.2. The molecule has 3 heteroatoms. The van der Waals surface area contributed by atoms with Gasteiger partial charge in [-0.3, -0.25) is 4.79 Å². The van der Waals surface area contributed by atoms with Crippen molar-refractivity contribution in [2.24, 2.45) is 0 Å². The van der Waals surface area contributed by atoms with E-state index >= 15 is 0 Å². The van der Waals surface area contributed by atoms with E-state index in [-0.39, 0.29) is 5.54 Å². The quantitative estimate of drug-likeness (QED) is 0.664. The molecule has 0 heterocycles. The number of nitrogens with one attached hydrogen (secondary N) is 1. The van der Waals surface area contributed by atoms with Gasteiger partial charge in [0.15, 0.2) is 0 Å². The summed E-state index contributed by atoms with van der Waals surface area (Å²) in [6, 6.07) is 0. The van der Waals surface area contributed by atoms with Gasteiger partial charge in [-0.25, -0.2) is 0 Å². The van der Waals surface area contributed by atoms with Crippen LogP contribution in [0.1, 0.15) is 48.0 Å². The summed E-state index contributed by atoms with van der Waals surface area (Å²) in [5.41, 5.74) is -0.526. The fourth-order valence-corrected chi connectivity index (χ4v) is 0.262. The summed E-state index contributed by atoms with van der Waals surface area (Å²) >= 11 is 0. The highest BCUT2D eigenvalue weighted by Crippen LogP contribution is 2.04. The molecule has 0 unspecified atom stereocenters. The molecule has 0 aliphatic heterocycles. The van der Waals surface area contributed by atoms with Crippen molar-refractivity contribution in [2.75, 3.05) is 0 Å². The van der Waals surface area contributed by atoms with Gasteiger partial charge in [0.05, 0.1) is 5.60 Å². The van der Waals surface area contributed by atoms with Gasteiger partial charge < -0.3 is 10.4 Å². The molecular weight excluding hydrogens is 166 g/mol. The average molecular weight is 189 g/mol. The Morgan fingerprint density at radius 2 is 1.54 bits per heavy atom. The molecule has 0 aromatic heterocycles. The minimum atomic E-state index is -0.500. The fourth-order valence-electron chi connectivity index (χ4n) is 0.262. The van der Waals surface area contributed by atoms with Crippen LogP contribution in [-0.4, -0.2) is 22.7 Å². The van der Waals surface area contributed by atoms with E-state index in [2.05, 4.69) is 5.32 Å². The molecule has 1 amide bonds. The topological polar surface area (TPSA) is 49.3 Å². The van der Waals surface area contributed by atoms with Crippen molar-refractivity contribution in [1.29, 1.82) is 0 Å². The molecule has 13 heavy (non-hydrogen) atoms. The van der Waals surface area contributed by atoms with E-state index in [1.807, 2.05) is 20.8 Å². The Balaban J connectivity index is 0. The Bertz CT molecular complexity index is 130. The summed E-state index contributed by atoms with van der Waals surface area (Å²) < 4.78 is 0. The zero-order valence-corrected chi connectivity index (χ0v) is 9.64. The van der Waals surface area contributed by atoms with Crippen LogP contribution in [0.4, 0.5) is 0 Å². The molecule has 3 nitrogen and oxygen atoms in total. The van der Waals surface area contributed by atoms with Gasteiger partial charge in [-0.15, -0.1) is 0 Å². The summed E-state index contributed by atoms with van der Waals surface area (Å²) in [7, 11) is 0. The number of carbonyl (C=O) groups excluding carboxylic acids is 1. The lowest BCUT2D eigenvalue weighted by atomic mass is 10.0. The minimum absolute atomic E-state index is 0.0260. The van der Waals surface area contributed by atoms with Gasteiger partial charge in [-0.2, -0.15) is 0 Å². The Morgan fingerprint density at radius 1 is 1.23 bits per heavy atom. The van der Waals surface area contributed by atoms with Gasteiger partial charge in [-0.1, -0.05) is 6.92 Å². The van der Waals surface area contributed by atoms with E-state index in [9.17, 15) is 4.79 Å². The van der Waals surface area contributed by atoms with Crippen molar-refractivity contribution >= 4 is 6.41 Å². The molecule has 0 saturated heterocycles. The molecule has 0 spiro atoms. The Morgan fingerprint density at radius 3 is 1.62 bits per heavy atom. The maximum absolute atomic E-state index is 9.87. The highest BCUT2D eigenvalue weighted by atomic mass is 16.3. The molecular formula is C10H23NO2. The first-order valence-electron chi connectivity index (χ1n) is 4.56. The van der Waals surface area contributed by atoms with Gasteiger partial charge in [0.2, 0.25) is 6.41 Å². The lowest BCUT2D eigenvalue weighted by Crippen LogP contribution is -2.37. The van der Waals surface area contributed by atoms with Crippen molar-refractivity contribution in [1.82, 2.24) is 5.32 Å². The SMILES string of the molecule is CC(C)(C)O.CCC(C)(C)NC=O. The summed E-state index contributed by atoms with van der Waals surface area (Å²) in [6.45, 7) is 11.2. The van der Waals surface area contributed by atoms with Gasteiger partial charge in [0.1, 0.15) is 0 Å². The fraction of sp³-hybridized carbons (Fsp3) is 0.900. The number of hydrogen-bond acceptors (Lipinski definition) is 2. The molecule has 0 rings (SSSR count). The number of carbonyl (C=O) groups is 1. The highest BCUT2D eigenvalue weighted by Gasteiger charge is 2.10. The van der Waals surface area contributed by atoms with E-state index in [1.165, 1.54) is 0 Å². The van der Waals surface area contributed by atoms with Crippen molar-refractivity contribution in [3.8, 4) is 0 Å². The summed E-state index contributed by atoms with van der Waals surface area (Å²) in [4.78, 5) is 9.87. The average Bonchev–Trinajstić information content (AvgIpc) is 1.84. The third-order valence-electron chi connectivity index (χ3n) is 1.33. The first kappa shape index (κ1) is 14.9. The first-order valence-corrected chi connectivity index (χ1v) is 4.56. The molecule has 80 valence electrons. The van der Waals surface area contributed by atoms with Crippen LogP contribution in [0, 0.1) is 0 Å². The Labute approximate surface area is 81.5 Å². The predicted molar refractivity (Wildman–Crippen MR) is 55.5 cm³/mol. The van der Waals surface area contributed by atoms with Crippen LogP contribution in [-0.2, 0) is 4.79 Å². The number of hydrogen-bond donors (Lipinski definition) is 2. The first-order chi connectivity index (χ1) is 5.62. The molecule has 0 aliphatic carbocycles. The lowest BCUT2D eigenvalue weighted by Gasteiger charge is -2.20. The lowest BCUT2D eigenvalue weighted by molar-refractivity contribution is -0.110. The Hall–Kier alpha value is -0.570. The summed E-state index contributed by atoms with van der Waals surface area (Å²) in [5.74, 6) is 0. The number of aliphatic hydroxyl groups is 1. The van der Waals surface area contributed by atoms with Crippen LogP contribution in [0.15, 0.2) is 0 Å². The molecule has 0 aliphatic rings. The maximum Gasteiger partial charge on any atom is 0.207 e. The van der Waals surface area contributed by atoms with Gasteiger partial charge in [0.25, 0.3) is 0 Å². The highest BCUT2D eigenvalue weighted by molar-refractivity contribution is 5.47. The molecule has 0 fully saturated rings. The van der Waals surface area contributed by atoms with E-state index < -0.39 is 5.60 Å². The van der Waals surface area contributed by atoms with Crippen LogP contribution in [0.3, 0.4) is 0 Å². The smallest absolute Gasteiger partial charge is 0.207 e. The monoisotopic (exact) mass is 189 g/mol. The second-order valence-corrected chi connectivity index (χ2v) is 4.67. The van der Waals surface area contributed by atoms with Crippen molar-refractivity contribution in [3.63, 3.8) is 0 Å². The zero-order chi connectivity index (χ0) is 11.1. The molecule has 2 N–H and O–H groups in total. The Kier molecular flexibility index (Phi) is 6.86. The standard InChI is InChI=1S/C6H13NO.C4H10O/c1-4-6(2,3)7-5-8;1-4(2,3)5/h5H,4H2,1-3H3,(H,7,8);5H,1-3H3. The van der Waals surface area contributed by atoms with Gasteiger partial charge in [-0.05, 0) is 41.0 Å².